The van der Waals surface area contributed by atoms with E-state index in [4.69, 9.17) is 5.11 Å². The normalized spacial score (nSPS) is 20.6. The fourth-order valence-electron chi connectivity index (χ4n) is 1.71. The molecule has 0 aliphatic carbocycles. The zero-order valence-corrected chi connectivity index (χ0v) is 9.76. The number of hydrogen-bond acceptors (Lipinski definition) is 3. The number of rotatable bonds is 5. The molecule has 5 heteroatoms. The summed E-state index contributed by atoms with van der Waals surface area (Å²) >= 11 is 1.73. The Morgan fingerprint density at radius 2 is 2.27 bits per heavy atom. The zero-order valence-electron chi connectivity index (χ0n) is 8.94. The van der Waals surface area contributed by atoms with Gasteiger partial charge in [-0.25, -0.2) is 0 Å². The maximum Gasteiger partial charge on any atom is 0.308 e. The van der Waals surface area contributed by atoms with Crippen molar-refractivity contribution >= 4 is 23.6 Å². The van der Waals surface area contributed by atoms with Crippen LogP contribution in [0, 0.1) is 5.92 Å². The van der Waals surface area contributed by atoms with Crippen LogP contribution in [-0.2, 0) is 9.59 Å². The van der Waals surface area contributed by atoms with E-state index in [0.29, 0.717) is 25.9 Å². The van der Waals surface area contributed by atoms with Gasteiger partial charge in [0.25, 0.3) is 0 Å². The van der Waals surface area contributed by atoms with Crippen molar-refractivity contribution in [3.8, 4) is 0 Å². The molecule has 1 rings (SSSR count). The molecule has 1 atom stereocenters. The molecule has 1 unspecified atom stereocenters. The number of likely N-dealkylation sites (tertiary alicyclic amines) is 1. The van der Waals surface area contributed by atoms with E-state index in [9.17, 15) is 9.59 Å². The lowest BCUT2D eigenvalue weighted by Crippen LogP contribution is -2.29. The Balaban J connectivity index is 2.27. The molecule has 0 radical (unpaired) electrons. The molecule has 1 saturated heterocycles. The number of amides is 1. The van der Waals surface area contributed by atoms with Gasteiger partial charge in [-0.05, 0) is 24.9 Å². The first-order chi connectivity index (χ1) is 7.15. The standard InChI is InChI=1S/C10H17NO3S/c1-15-6-2-3-9(12)11-5-4-8(7-11)10(13)14/h8H,2-7H2,1H3,(H,13,14). The lowest BCUT2D eigenvalue weighted by Gasteiger charge is -2.15. The number of hydrogen-bond donors (Lipinski definition) is 1. The summed E-state index contributed by atoms with van der Waals surface area (Å²) in [5, 5.41) is 8.79. The highest BCUT2D eigenvalue weighted by molar-refractivity contribution is 7.98. The maximum absolute atomic E-state index is 11.6. The van der Waals surface area contributed by atoms with Crippen molar-refractivity contribution in [2.45, 2.75) is 19.3 Å². The van der Waals surface area contributed by atoms with Gasteiger partial charge in [0.15, 0.2) is 0 Å². The van der Waals surface area contributed by atoms with Gasteiger partial charge in [0.05, 0.1) is 5.92 Å². The van der Waals surface area contributed by atoms with Gasteiger partial charge in [-0.1, -0.05) is 0 Å². The van der Waals surface area contributed by atoms with Gasteiger partial charge in [-0.15, -0.1) is 0 Å². The van der Waals surface area contributed by atoms with Crippen LogP contribution in [0.5, 0.6) is 0 Å². The summed E-state index contributed by atoms with van der Waals surface area (Å²) in [5.74, 6) is -0.0428. The average molecular weight is 231 g/mol. The number of thioether (sulfide) groups is 1. The summed E-state index contributed by atoms with van der Waals surface area (Å²) in [6.45, 7) is 1.00. The molecule has 0 aromatic heterocycles. The number of carboxylic acid groups (broad SMARTS) is 1. The Morgan fingerprint density at radius 3 is 2.80 bits per heavy atom. The quantitative estimate of drug-likeness (QED) is 0.719. The Morgan fingerprint density at radius 1 is 1.53 bits per heavy atom. The minimum Gasteiger partial charge on any atom is -0.481 e. The number of aliphatic carboxylic acids is 1. The van der Waals surface area contributed by atoms with Crippen molar-refractivity contribution < 1.29 is 14.7 Å². The van der Waals surface area contributed by atoms with Crippen LogP contribution < -0.4 is 0 Å². The van der Waals surface area contributed by atoms with E-state index in [-0.39, 0.29) is 11.8 Å². The van der Waals surface area contributed by atoms with Crippen LogP contribution in [0.2, 0.25) is 0 Å². The van der Waals surface area contributed by atoms with Crippen molar-refractivity contribution in [2.75, 3.05) is 25.1 Å². The van der Waals surface area contributed by atoms with E-state index in [1.807, 2.05) is 6.26 Å². The Hall–Kier alpha value is -0.710. The largest absolute Gasteiger partial charge is 0.481 e. The van der Waals surface area contributed by atoms with E-state index < -0.39 is 5.97 Å². The van der Waals surface area contributed by atoms with Crippen LogP contribution in [0.1, 0.15) is 19.3 Å². The van der Waals surface area contributed by atoms with E-state index in [0.717, 1.165) is 12.2 Å². The molecule has 0 spiro atoms. The predicted molar refractivity (Wildman–Crippen MR) is 59.9 cm³/mol. The highest BCUT2D eigenvalue weighted by Crippen LogP contribution is 2.17. The number of carbonyl (C=O) groups is 2. The molecular weight excluding hydrogens is 214 g/mol. The predicted octanol–water partition coefficient (Wildman–Crippen LogP) is 1.06. The highest BCUT2D eigenvalue weighted by atomic mass is 32.2. The van der Waals surface area contributed by atoms with Crippen LogP contribution in [-0.4, -0.2) is 47.0 Å². The van der Waals surface area contributed by atoms with Crippen molar-refractivity contribution in [3.05, 3.63) is 0 Å². The lowest BCUT2D eigenvalue weighted by molar-refractivity contribution is -0.141. The van der Waals surface area contributed by atoms with Gasteiger partial charge in [-0.2, -0.15) is 11.8 Å². The molecule has 1 fully saturated rings. The van der Waals surface area contributed by atoms with E-state index in [1.54, 1.807) is 16.7 Å². The lowest BCUT2D eigenvalue weighted by atomic mass is 10.1. The smallest absolute Gasteiger partial charge is 0.308 e. The molecule has 0 saturated carbocycles. The van der Waals surface area contributed by atoms with E-state index >= 15 is 0 Å². The van der Waals surface area contributed by atoms with Gasteiger partial charge in [0.1, 0.15) is 0 Å². The van der Waals surface area contributed by atoms with E-state index in [1.165, 1.54) is 0 Å². The number of nitrogens with zero attached hydrogens (tertiary/aromatic N) is 1. The Labute approximate surface area is 94.0 Å². The second-order valence-electron chi connectivity index (χ2n) is 3.76. The van der Waals surface area contributed by atoms with Crippen molar-refractivity contribution in [1.82, 2.24) is 4.90 Å². The summed E-state index contributed by atoms with van der Waals surface area (Å²) < 4.78 is 0. The van der Waals surface area contributed by atoms with Gasteiger partial charge in [-0.3, -0.25) is 9.59 Å². The molecule has 1 N–H and O–H groups in total. The van der Waals surface area contributed by atoms with Crippen LogP contribution >= 0.6 is 11.8 Å². The van der Waals surface area contributed by atoms with Crippen molar-refractivity contribution in [1.29, 1.82) is 0 Å². The molecule has 0 bridgehead atoms. The van der Waals surface area contributed by atoms with Crippen molar-refractivity contribution in [3.63, 3.8) is 0 Å². The Bertz CT molecular complexity index is 245. The number of carboxylic acids is 1. The van der Waals surface area contributed by atoms with E-state index in [2.05, 4.69) is 0 Å². The third-order valence-electron chi connectivity index (χ3n) is 2.63. The molecule has 4 nitrogen and oxygen atoms in total. The molecule has 86 valence electrons. The molecule has 1 aliphatic rings. The minimum absolute atomic E-state index is 0.104. The average Bonchev–Trinajstić information content (AvgIpc) is 2.66. The SMILES string of the molecule is CSCCCC(=O)N1CCC(C(=O)O)C1. The molecule has 1 amide bonds. The highest BCUT2D eigenvalue weighted by Gasteiger charge is 2.30. The first kappa shape index (κ1) is 12.4. The summed E-state index contributed by atoms with van der Waals surface area (Å²) in [4.78, 5) is 24.0. The van der Waals surface area contributed by atoms with Gasteiger partial charge >= 0.3 is 5.97 Å². The van der Waals surface area contributed by atoms with Crippen molar-refractivity contribution in [2.24, 2.45) is 5.92 Å². The first-order valence-electron chi connectivity index (χ1n) is 5.14. The van der Waals surface area contributed by atoms with Crippen LogP contribution in [0.3, 0.4) is 0 Å². The van der Waals surface area contributed by atoms with Gasteiger partial charge in [0, 0.05) is 19.5 Å². The van der Waals surface area contributed by atoms with Crippen LogP contribution in [0.4, 0.5) is 0 Å². The van der Waals surface area contributed by atoms with Crippen LogP contribution in [0.25, 0.3) is 0 Å². The number of carbonyl (C=O) groups excluding carboxylic acids is 1. The summed E-state index contributed by atoms with van der Waals surface area (Å²) in [6, 6.07) is 0. The maximum atomic E-state index is 11.6. The molecule has 0 aromatic rings. The molecular formula is C10H17NO3S. The van der Waals surface area contributed by atoms with Gasteiger partial charge in [0.2, 0.25) is 5.91 Å². The third-order valence-corrected chi connectivity index (χ3v) is 3.33. The Kier molecular flexibility index (Phi) is 4.94. The molecule has 0 aromatic carbocycles. The summed E-state index contributed by atoms with van der Waals surface area (Å²) in [6.07, 6.45) is 4.05. The topological polar surface area (TPSA) is 57.6 Å². The zero-order chi connectivity index (χ0) is 11.3. The summed E-state index contributed by atoms with van der Waals surface area (Å²) in [7, 11) is 0. The fraction of sp³-hybridized carbons (Fsp3) is 0.800. The molecule has 1 aliphatic heterocycles. The minimum atomic E-state index is -0.783. The summed E-state index contributed by atoms with van der Waals surface area (Å²) in [5.41, 5.74) is 0. The fourth-order valence-corrected chi connectivity index (χ4v) is 2.15. The second-order valence-corrected chi connectivity index (χ2v) is 4.75. The monoisotopic (exact) mass is 231 g/mol. The molecule has 1 heterocycles. The second kappa shape index (κ2) is 6.00. The van der Waals surface area contributed by atoms with Crippen LogP contribution in [0.15, 0.2) is 0 Å². The molecule has 15 heavy (non-hydrogen) atoms. The first-order valence-corrected chi connectivity index (χ1v) is 6.54. The third kappa shape index (κ3) is 3.74. The van der Waals surface area contributed by atoms with Gasteiger partial charge < -0.3 is 10.0 Å².